The number of carbonyl (C=O) groups is 5. The van der Waals surface area contributed by atoms with Crippen LogP contribution in [0.4, 0.5) is 4.79 Å². The summed E-state index contributed by atoms with van der Waals surface area (Å²) in [5.74, 6) is -3.48. The van der Waals surface area contributed by atoms with E-state index in [2.05, 4.69) is 16.0 Å². The lowest BCUT2D eigenvalue weighted by Gasteiger charge is -2.38. The fourth-order valence-corrected chi connectivity index (χ4v) is 8.74. The summed E-state index contributed by atoms with van der Waals surface area (Å²) in [7, 11) is -3.64. The quantitative estimate of drug-likeness (QED) is 0.280. The van der Waals surface area contributed by atoms with Crippen LogP contribution in [-0.2, 0) is 29.0 Å². The predicted octanol–water partition coefficient (Wildman–Crippen LogP) is 2.96. The molecule has 1 aliphatic heterocycles. The summed E-state index contributed by atoms with van der Waals surface area (Å²) in [6.45, 7) is 20.0. The number of fused-ring (bicyclic) bond motifs is 1. The molecule has 3 fully saturated rings. The molecule has 12 nitrogen and oxygen atoms in total. The number of hydrogen-bond donors (Lipinski definition) is 2. The molecule has 0 spiro atoms. The van der Waals surface area contributed by atoms with Crippen molar-refractivity contribution in [1.29, 1.82) is 0 Å². The van der Waals surface area contributed by atoms with Crippen molar-refractivity contribution in [2.75, 3.05) is 12.3 Å². The van der Waals surface area contributed by atoms with Gasteiger partial charge in [0, 0.05) is 6.54 Å². The number of amides is 5. The molecule has 5 amide bonds. The number of nitrogens with one attached hydrogen (secondary N) is 1. The minimum atomic E-state index is -3.64. The van der Waals surface area contributed by atoms with E-state index in [1.54, 1.807) is 48.5 Å². The van der Waals surface area contributed by atoms with Crippen LogP contribution >= 0.6 is 0 Å². The number of rotatable bonds is 13. The number of primary amides is 1. The van der Waals surface area contributed by atoms with Crippen LogP contribution in [0.1, 0.15) is 108 Å². The Bertz CT molecular complexity index is 1360. The molecule has 0 aromatic heterocycles. The predicted molar refractivity (Wildman–Crippen MR) is 179 cm³/mol. The molecule has 3 N–H and O–H groups in total. The van der Waals surface area contributed by atoms with E-state index < -0.39 is 73.2 Å². The third kappa shape index (κ3) is 8.67. The minimum Gasteiger partial charge on any atom is -0.363 e. The molecule has 3 rings (SSSR count). The Labute approximate surface area is 281 Å². The second-order valence-corrected chi connectivity index (χ2v) is 20.2. The summed E-state index contributed by atoms with van der Waals surface area (Å²) >= 11 is 0. The number of hydrogen-bond acceptors (Lipinski definition) is 7. The van der Waals surface area contributed by atoms with Gasteiger partial charge in [0.1, 0.15) is 18.1 Å². The second kappa shape index (κ2) is 13.3. The van der Waals surface area contributed by atoms with Gasteiger partial charge in [0.25, 0.3) is 11.8 Å². The Morgan fingerprint density at radius 2 is 1.57 bits per heavy atom. The van der Waals surface area contributed by atoms with Crippen LogP contribution in [0.25, 0.3) is 0 Å². The van der Waals surface area contributed by atoms with Crippen molar-refractivity contribution in [2.24, 2.45) is 40.2 Å². The Kier molecular flexibility index (Phi) is 11.0. The standard InChI is InChI=1S/C34H57N5O7S/c1-19(2)16-34(11,18-47(45,46)32(6,7)8)38-30(44)37-26(31(3,4)5)29(43)39-17-21-23(33(21,9)10)24(39)28(42)36-22(25(40)27(35)41)15-20-13-12-14-20/h19-24,26H,12-18H2,1-11H3,(H2,35,41)(H,37,44)/t21-,22?,23-,24-,26-,34-/m0/s1. The van der Waals surface area contributed by atoms with E-state index in [1.807, 2.05) is 27.7 Å². The Hall–Kier alpha value is -2.70. The van der Waals surface area contributed by atoms with Gasteiger partial charge in [-0.2, -0.15) is 0 Å². The number of piperidine rings is 1. The van der Waals surface area contributed by atoms with E-state index in [0.717, 1.165) is 19.3 Å². The summed E-state index contributed by atoms with van der Waals surface area (Å²) < 4.78 is 25.3. The first kappa shape index (κ1) is 38.7. The first-order chi connectivity index (χ1) is 21.2. The molecule has 0 aromatic rings. The van der Waals surface area contributed by atoms with Crippen molar-refractivity contribution in [1.82, 2.24) is 20.9 Å². The van der Waals surface area contributed by atoms with Crippen molar-refractivity contribution in [3.8, 4) is 0 Å². The van der Waals surface area contributed by atoms with Crippen molar-refractivity contribution >= 4 is 39.4 Å². The summed E-state index contributed by atoms with van der Waals surface area (Å²) in [6, 6.07) is -4.07. The van der Waals surface area contributed by atoms with Crippen LogP contribution in [0.5, 0.6) is 0 Å². The first-order valence-corrected chi connectivity index (χ1v) is 18.5. The summed E-state index contributed by atoms with van der Waals surface area (Å²) in [5, 5.41) is 11.4. The third-order valence-electron chi connectivity index (χ3n) is 10.4. The fourth-order valence-electron chi connectivity index (χ4n) is 7.31. The van der Waals surface area contributed by atoms with Crippen molar-refractivity contribution < 1.29 is 32.4 Å². The van der Waals surface area contributed by atoms with Gasteiger partial charge in [0.15, 0.2) is 9.84 Å². The van der Waals surface area contributed by atoms with Gasteiger partial charge in [0.2, 0.25) is 11.7 Å². The maximum Gasteiger partial charge on any atom is 0.337 e. The van der Waals surface area contributed by atoms with Crippen molar-refractivity contribution in [2.45, 2.75) is 137 Å². The average Bonchev–Trinajstić information content (AvgIpc) is 3.17. The number of ketones is 1. The van der Waals surface area contributed by atoms with E-state index in [-0.39, 0.29) is 47.8 Å². The Morgan fingerprint density at radius 3 is 2.02 bits per heavy atom. The zero-order chi connectivity index (χ0) is 36.1. The number of urea groups is 1. The van der Waals surface area contributed by atoms with E-state index in [4.69, 9.17) is 5.73 Å². The molecule has 0 bridgehead atoms. The number of likely N-dealkylation sites (tertiary alicyclic amines) is 1. The van der Waals surface area contributed by atoms with Gasteiger partial charge in [-0.05, 0) is 75.0 Å². The van der Waals surface area contributed by atoms with Crippen LogP contribution in [0.2, 0.25) is 0 Å². The number of carbonyl (C=O) groups excluding carboxylic acids is 5. The molecule has 13 heteroatoms. The van der Waals surface area contributed by atoms with Gasteiger partial charge in [-0.3, -0.25) is 19.2 Å². The molecule has 47 heavy (non-hydrogen) atoms. The third-order valence-corrected chi connectivity index (χ3v) is 13.3. The zero-order valence-corrected chi connectivity index (χ0v) is 31.0. The second-order valence-electron chi connectivity index (χ2n) is 17.5. The SMILES string of the molecule is CC(C)C[C@@](C)(CS(=O)(=O)C(C)(C)C)[N]C(=O)N[C@@H](C(=O)N1C[C@H]2[C@@H]([C@H]1C(=O)[N]C(CC1CCC1)C(=O)C(N)=O)C2(C)C)C(C)(C)C. The van der Waals surface area contributed by atoms with Crippen LogP contribution in [0.3, 0.4) is 0 Å². The highest BCUT2D eigenvalue weighted by atomic mass is 32.2. The van der Waals surface area contributed by atoms with Gasteiger partial charge in [-0.15, -0.1) is 0 Å². The van der Waals surface area contributed by atoms with Gasteiger partial charge < -0.3 is 16.0 Å². The molecular weight excluding hydrogens is 622 g/mol. The molecular formula is C34H57N5O7S. The van der Waals surface area contributed by atoms with Crippen LogP contribution in [0.15, 0.2) is 0 Å². The Morgan fingerprint density at radius 1 is 1.00 bits per heavy atom. The molecule has 1 unspecified atom stereocenters. The fraction of sp³-hybridized carbons (Fsp3) is 0.853. The van der Waals surface area contributed by atoms with Crippen molar-refractivity contribution in [3.63, 3.8) is 0 Å². The number of sulfone groups is 1. The molecule has 2 saturated carbocycles. The first-order valence-electron chi connectivity index (χ1n) is 16.9. The van der Waals surface area contributed by atoms with Crippen LogP contribution < -0.4 is 21.7 Å². The lowest BCUT2D eigenvalue weighted by Crippen LogP contribution is -2.61. The molecule has 266 valence electrons. The summed E-state index contributed by atoms with van der Waals surface area (Å²) in [5.41, 5.74) is 3.02. The largest absolute Gasteiger partial charge is 0.363 e. The molecule has 1 saturated heterocycles. The lowest BCUT2D eigenvalue weighted by molar-refractivity contribution is -0.145. The number of nitrogens with zero attached hydrogens (tertiary/aromatic N) is 3. The van der Waals surface area contributed by atoms with E-state index in [1.165, 1.54) is 4.90 Å². The molecule has 3 aliphatic rings. The van der Waals surface area contributed by atoms with Gasteiger partial charge in [-0.1, -0.05) is 67.7 Å². The molecule has 2 aliphatic carbocycles. The van der Waals surface area contributed by atoms with Crippen LogP contribution in [-0.4, -0.2) is 83.6 Å². The summed E-state index contributed by atoms with van der Waals surface area (Å²) in [4.78, 5) is 67.7. The molecule has 1 heterocycles. The minimum absolute atomic E-state index is 0.0190. The maximum atomic E-state index is 14.3. The number of nitrogens with two attached hydrogens (primary N) is 1. The molecule has 6 atom stereocenters. The zero-order valence-electron chi connectivity index (χ0n) is 30.2. The topological polar surface area (TPSA) is 189 Å². The van der Waals surface area contributed by atoms with Gasteiger partial charge in [0.05, 0.1) is 16.0 Å². The van der Waals surface area contributed by atoms with Gasteiger partial charge in [-0.25, -0.2) is 23.8 Å². The molecule has 0 aromatic carbocycles. The Balaban J connectivity index is 1.86. The monoisotopic (exact) mass is 679 g/mol. The molecule has 2 radical (unpaired) electrons. The average molecular weight is 680 g/mol. The highest BCUT2D eigenvalue weighted by molar-refractivity contribution is 7.92. The van der Waals surface area contributed by atoms with Gasteiger partial charge >= 0.3 is 6.03 Å². The lowest BCUT2D eigenvalue weighted by atomic mass is 9.80. The highest BCUT2D eigenvalue weighted by Gasteiger charge is 2.70. The highest BCUT2D eigenvalue weighted by Crippen LogP contribution is 2.65. The normalized spacial score (nSPS) is 25.1. The number of Topliss-reactive ketones (excluding diaryl/α,β-unsaturated/α-hetero) is 1. The van der Waals surface area contributed by atoms with Crippen molar-refractivity contribution in [3.05, 3.63) is 0 Å². The smallest absolute Gasteiger partial charge is 0.337 e. The van der Waals surface area contributed by atoms with E-state index in [0.29, 0.717) is 6.42 Å². The van der Waals surface area contributed by atoms with E-state index in [9.17, 15) is 32.4 Å². The summed E-state index contributed by atoms with van der Waals surface area (Å²) in [6.07, 6.45) is 3.36. The van der Waals surface area contributed by atoms with Crippen LogP contribution in [0, 0.1) is 34.5 Å². The van der Waals surface area contributed by atoms with E-state index >= 15 is 0 Å². The maximum absolute atomic E-state index is 14.3.